The molecule has 1 aromatic carbocycles. The van der Waals surface area contributed by atoms with E-state index in [1.807, 2.05) is 0 Å². The molecule has 6 nitrogen and oxygen atoms in total. The van der Waals surface area contributed by atoms with Gasteiger partial charge in [0.2, 0.25) is 9.84 Å². The number of esters is 1. The van der Waals surface area contributed by atoms with Crippen molar-refractivity contribution in [2.24, 2.45) is 0 Å². The van der Waals surface area contributed by atoms with E-state index in [2.05, 4.69) is 0 Å². The van der Waals surface area contributed by atoms with Crippen LogP contribution in [0.25, 0.3) is 0 Å². The fourth-order valence-electron chi connectivity index (χ4n) is 1.55. The Bertz CT molecular complexity index is 617. The highest BCUT2D eigenvalue weighted by atomic mass is 32.2. The van der Waals surface area contributed by atoms with Crippen LogP contribution in [0.15, 0.2) is 40.3 Å². The van der Waals surface area contributed by atoms with Gasteiger partial charge in [-0.05, 0) is 31.2 Å². The molecule has 0 unspecified atom stereocenters. The molecule has 0 heterocycles. The lowest BCUT2D eigenvalue weighted by Gasteiger charge is -2.12. The second-order valence-corrected chi connectivity index (χ2v) is 6.27. The van der Waals surface area contributed by atoms with Crippen LogP contribution in [0.5, 0.6) is 5.75 Å². The van der Waals surface area contributed by atoms with Gasteiger partial charge in [-0.15, -0.1) is 0 Å². The molecule has 0 aliphatic heterocycles. The molecule has 0 saturated heterocycles. The van der Waals surface area contributed by atoms with Crippen LogP contribution in [-0.4, -0.2) is 47.1 Å². The van der Waals surface area contributed by atoms with E-state index in [-0.39, 0.29) is 11.5 Å². The van der Waals surface area contributed by atoms with Gasteiger partial charge in [0.05, 0.1) is 18.6 Å². The van der Waals surface area contributed by atoms with Crippen molar-refractivity contribution in [1.82, 2.24) is 4.90 Å². The monoisotopic (exact) mass is 313 g/mol. The molecule has 7 heteroatoms. The minimum Gasteiger partial charge on any atom is -0.497 e. The zero-order valence-corrected chi connectivity index (χ0v) is 13.3. The summed E-state index contributed by atoms with van der Waals surface area (Å²) in [5.74, 6) is -0.342. The van der Waals surface area contributed by atoms with Crippen molar-refractivity contribution in [3.8, 4) is 5.75 Å². The van der Waals surface area contributed by atoms with E-state index < -0.39 is 20.7 Å². The zero-order valence-electron chi connectivity index (χ0n) is 12.5. The predicted octanol–water partition coefficient (Wildman–Crippen LogP) is 1.43. The average molecular weight is 313 g/mol. The fraction of sp³-hybridized carbons (Fsp3) is 0.357. The van der Waals surface area contributed by atoms with Crippen LogP contribution in [-0.2, 0) is 19.4 Å². The second-order valence-electron chi connectivity index (χ2n) is 4.36. The van der Waals surface area contributed by atoms with Crippen molar-refractivity contribution in [3.05, 3.63) is 35.4 Å². The first kappa shape index (κ1) is 17.0. The van der Waals surface area contributed by atoms with Crippen LogP contribution in [0.4, 0.5) is 0 Å². The lowest BCUT2D eigenvalue weighted by atomic mass is 10.3. The molecule has 0 fully saturated rings. The molecule has 21 heavy (non-hydrogen) atoms. The molecule has 116 valence electrons. The third-order valence-corrected chi connectivity index (χ3v) is 4.26. The number of ether oxygens (including phenoxy) is 2. The summed E-state index contributed by atoms with van der Waals surface area (Å²) in [7, 11) is 0.788. The van der Waals surface area contributed by atoms with Crippen molar-refractivity contribution >= 4 is 15.8 Å². The first-order valence-corrected chi connectivity index (χ1v) is 7.75. The first-order valence-electron chi connectivity index (χ1n) is 6.27. The van der Waals surface area contributed by atoms with Gasteiger partial charge in [-0.2, -0.15) is 0 Å². The number of carbonyl (C=O) groups is 1. The molecular formula is C14H19NO5S. The third-order valence-electron chi connectivity index (χ3n) is 2.51. The number of sulfone groups is 1. The molecule has 0 aliphatic rings. The van der Waals surface area contributed by atoms with Crippen molar-refractivity contribution in [2.45, 2.75) is 11.8 Å². The SMILES string of the molecule is CCOC(=O)/C(=C\N(C)C)S(=O)(=O)c1ccc(OC)cc1. The summed E-state index contributed by atoms with van der Waals surface area (Å²) in [6, 6.07) is 5.81. The minimum absolute atomic E-state index is 0.00412. The van der Waals surface area contributed by atoms with Gasteiger partial charge in [0.25, 0.3) is 0 Å². The van der Waals surface area contributed by atoms with Crippen LogP contribution in [0, 0.1) is 0 Å². The Morgan fingerprint density at radius 1 is 1.24 bits per heavy atom. The number of methoxy groups -OCH3 is 1. The first-order chi connectivity index (χ1) is 9.82. The molecule has 1 rings (SSSR count). The van der Waals surface area contributed by atoms with E-state index in [1.54, 1.807) is 21.0 Å². The second kappa shape index (κ2) is 7.12. The van der Waals surface area contributed by atoms with E-state index in [4.69, 9.17) is 9.47 Å². The van der Waals surface area contributed by atoms with E-state index >= 15 is 0 Å². The van der Waals surface area contributed by atoms with Crippen LogP contribution in [0.3, 0.4) is 0 Å². The van der Waals surface area contributed by atoms with Crippen molar-refractivity contribution in [2.75, 3.05) is 27.8 Å². The number of carbonyl (C=O) groups excluding carboxylic acids is 1. The van der Waals surface area contributed by atoms with Crippen LogP contribution < -0.4 is 4.74 Å². The molecule has 0 aliphatic carbocycles. The molecule has 0 radical (unpaired) electrons. The Kier molecular flexibility index (Phi) is 5.78. The molecule has 0 atom stereocenters. The van der Waals surface area contributed by atoms with Gasteiger partial charge in [-0.1, -0.05) is 0 Å². The van der Waals surface area contributed by atoms with E-state index in [0.717, 1.165) is 0 Å². The molecule has 0 aromatic heterocycles. The Morgan fingerprint density at radius 3 is 2.24 bits per heavy atom. The average Bonchev–Trinajstić information content (AvgIpc) is 2.44. The summed E-state index contributed by atoms with van der Waals surface area (Å²) in [6.45, 7) is 1.72. The quantitative estimate of drug-likeness (QED) is 0.584. The summed E-state index contributed by atoms with van der Waals surface area (Å²) in [5.41, 5.74) is 0. The van der Waals surface area contributed by atoms with Crippen LogP contribution in [0.1, 0.15) is 6.92 Å². The molecule has 0 bridgehead atoms. The number of nitrogens with zero attached hydrogens (tertiary/aromatic N) is 1. The van der Waals surface area contributed by atoms with Gasteiger partial charge < -0.3 is 14.4 Å². The summed E-state index contributed by atoms with van der Waals surface area (Å²) in [4.78, 5) is 13.0. The normalized spacial score (nSPS) is 11.9. The number of hydrogen-bond donors (Lipinski definition) is 0. The number of hydrogen-bond acceptors (Lipinski definition) is 6. The standard InChI is InChI=1S/C14H19NO5S/c1-5-20-14(16)13(10-15(2)3)21(17,18)12-8-6-11(19-4)7-9-12/h6-10H,5H2,1-4H3/b13-10+. The Balaban J connectivity index is 3.29. The van der Waals surface area contributed by atoms with Crippen molar-refractivity contribution in [3.63, 3.8) is 0 Å². The molecule has 0 saturated carbocycles. The molecule has 0 spiro atoms. The van der Waals surface area contributed by atoms with Gasteiger partial charge in [0, 0.05) is 20.3 Å². The summed E-state index contributed by atoms with van der Waals surface area (Å²) in [5, 5.41) is 0. The lowest BCUT2D eigenvalue weighted by Crippen LogP contribution is -2.19. The maximum atomic E-state index is 12.5. The summed E-state index contributed by atoms with van der Waals surface area (Å²) >= 11 is 0. The molecule has 0 amide bonds. The minimum atomic E-state index is -3.95. The van der Waals surface area contributed by atoms with Gasteiger partial charge >= 0.3 is 5.97 Å². The van der Waals surface area contributed by atoms with E-state index in [0.29, 0.717) is 5.75 Å². The van der Waals surface area contributed by atoms with E-state index in [9.17, 15) is 13.2 Å². The van der Waals surface area contributed by atoms with Crippen molar-refractivity contribution in [1.29, 1.82) is 0 Å². The third kappa shape index (κ3) is 4.22. The van der Waals surface area contributed by atoms with Crippen LogP contribution in [0.2, 0.25) is 0 Å². The maximum Gasteiger partial charge on any atom is 0.351 e. The lowest BCUT2D eigenvalue weighted by molar-refractivity contribution is -0.137. The van der Waals surface area contributed by atoms with Gasteiger partial charge in [-0.3, -0.25) is 0 Å². The Labute approximate surface area is 124 Å². The van der Waals surface area contributed by atoms with Gasteiger partial charge in [-0.25, -0.2) is 13.2 Å². The smallest absolute Gasteiger partial charge is 0.351 e. The highest BCUT2D eigenvalue weighted by molar-refractivity contribution is 7.96. The maximum absolute atomic E-state index is 12.5. The number of benzene rings is 1. The van der Waals surface area contributed by atoms with Crippen LogP contribution >= 0.6 is 0 Å². The Hall–Kier alpha value is -2.02. The summed E-state index contributed by atoms with van der Waals surface area (Å²) in [6.07, 6.45) is 1.23. The highest BCUT2D eigenvalue weighted by Crippen LogP contribution is 2.23. The Morgan fingerprint density at radius 2 is 1.81 bits per heavy atom. The predicted molar refractivity (Wildman–Crippen MR) is 78.6 cm³/mol. The van der Waals surface area contributed by atoms with Gasteiger partial charge in [0.1, 0.15) is 5.75 Å². The summed E-state index contributed by atoms with van der Waals surface area (Å²) < 4.78 is 34.9. The van der Waals surface area contributed by atoms with Gasteiger partial charge in [0.15, 0.2) is 4.91 Å². The van der Waals surface area contributed by atoms with Crippen molar-refractivity contribution < 1.29 is 22.7 Å². The largest absolute Gasteiger partial charge is 0.497 e. The number of rotatable bonds is 6. The molecule has 1 aromatic rings. The topological polar surface area (TPSA) is 72.9 Å². The molecule has 0 N–H and O–H groups in total. The highest BCUT2D eigenvalue weighted by Gasteiger charge is 2.28. The fourth-order valence-corrected chi connectivity index (χ4v) is 2.93. The zero-order chi connectivity index (χ0) is 16.0. The van der Waals surface area contributed by atoms with E-state index in [1.165, 1.54) is 42.5 Å². The molecular weight excluding hydrogens is 294 g/mol.